The van der Waals surface area contributed by atoms with Crippen molar-refractivity contribution in [2.45, 2.75) is 32.4 Å². The summed E-state index contributed by atoms with van der Waals surface area (Å²) in [4.78, 5) is 11.8. The molecule has 0 spiro atoms. The van der Waals surface area contributed by atoms with E-state index in [2.05, 4.69) is 5.32 Å². The molecule has 6 heteroatoms. The molecule has 112 valence electrons. The maximum absolute atomic E-state index is 13.1. The first-order chi connectivity index (χ1) is 9.28. The van der Waals surface area contributed by atoms with E-state index in [4.69, 9.17) is 9.47 Å². The number of carbonyl (C=O) groups is 1. The molecule has 1 rings (SSSR count). The van der Waals surface area contributed by atoms with Crippen molar-refractivity contribution in [1.29, 1.82) is 0 Å². The second kappa shape index (κ2) is 6.65. The molecule has 0 saturated carbocycles. The zero-order valence-corrected chi connectivity index (χ0v) is 12.0. The monoisotopic (exact) mass is 287 g/mol. The summed E-state index contributed by atoms with van der Waals surface area (Å²) in [6, 6.07) is 3.22. The summed E-state index contributed by atoms with van der Waals surface area (Å²) in [5, 5.41) is 3.04. The molecule has 0 bridgehead atoms. The lowest BCUT2D eigenvalue weighted by molar-refractivity contribution is -0.149. The van der Waals surface area contributed by atoms with Crippen molar-refractivity contribution >= 4 is 5.97 Å². The molecule has 0 saturated heterocycles. The number of nitrogens with one attached hydrogen (secondary N) is 1. The molecule has 1 aromatic rings. The summed E-state index contributed by atoms with van der Waals surface area (Å²) < 4.78 is 36.0. The summed E-state index contributed by atoms with van der Waals surface area (Å²) in [5.74, 6) is -2.30. The molecule has 0 aromatic heterocycles. The third-order valence-corrected chi connectivity index (χ3v) is 2.66. The molecule has 0 aliphatic carbocycles. The second-order valence-electron chi connectivity index (χ2n) is 4.99. The van der Waals surface area contributed by atoms with Gasteiger partial charge in [0.1, 0.15) is 17.9 Å². The maximum Gasteiger partial charge on any atom is 0.329 e. The summed E-state index contributed by atoms with van der Waals surface area (Å²) in [6.45, 7) is 5.30. The highest BCUT2D eigenvalue weighted by Crippen LogP contribution is 2.18. The fourth-order valence-corrected chi connectivity index (χ4v) is 1.82. The van der Waals surface area contributed by atoms with E-state index in [1.165, 1.54) is 13.2 Å². The highest BCUT2D eigenvalue weighted by molar-refractivity contribution is 5.80. The van der Waals surface area contributed by atoms with Crippen LogP contribution in [0.4, 0.5) is 8.78 Å². The number of rotatable bonds is 6. The molecule has 1 N–H and O–H groups in total. The minimum atomic E-state index is -1.08. The number of benzene rings is 1. The van der Waals surface area contributed by atoms with Crippen LogP contribution < -0.4 is 10.1 Å². The predicted octanol–water partition coefficient (Wildman–Crippen LogP) is 2.27. The summed E-state index contributed by atoms with van der Waals surface area (Å²) in [7, 11) is 1.28. The summed E-state index contributed by atoms with van der Waals surface area (Å²) in [6.07, 6.45) is 0. The number of hydrogen-bond donors (Lipinski definition) is 1. The fourth-order valence-electron chi connectivity index (χ4n) is 1.82. The van der Waals surface area contributed by atoms with Crippen molar-refractivity contribution < 1.29 is 23.0 Å². The maximum atomic E-state index is 13.1. The second-order valence-corrected chi connectivity index (χ2v) is 4.99. The number of halogens is 2. The predicted molar refractivity (Wildman–Crippen MR) is 70.5 cm³/mol. The van der Waals surface area contributed by atoms with Crippen LogP contribution in [0.2, 0.25) is 0 Å². The first kappa shape index (κ1) is 16.4. The van der Waals surface area contributed by atoms with Crippen molar-refractivity contribution in [2.24, 2.45) is 0 Å². The summed E-state index contributed by atoms with van der Waals surface area (Å²) in [5.41, 5.74) is -1.08. The third-order valence-electron chi connectivity index (χ3n) is 2.66. The average molecular weight is 287 g/mol. The van der Waals surface area contributed by atoms with Crippen molar-refractivity contribution in [3.63, 3.8) is 0 Å². The van der Waals surface area contributed by atoms with Crippen LogP contribution in [0, 0.1) is 11.6 Å². The molecule has 1 atom stereocenters. The largest absolute Gasteiger partial charge is 0.491 e. The molecule has 0 amide bonds. The van der Waals surface area contributed by atoms with Crippen LogP contribution >= 0.6 is 0 Å². The average Bonchev–Trinajstić information content (AvgIpc) is 2.38. The quantitative estimate of drug-likeness (QED) is 0.815. The first-order valence-electron chi connectivity index (χ1n) is 6.22. The first-order valence-corrected chi connectivity index (χ1v) is 6.22. The van der Waals surface area contributed by atoms with Gasteiger partial charge in [0, 0.05) is 12.1 Å². The molecule has 20 heavy (non-hydrogen) atoms. The van der Waals surface area contributed by atoms with E-state index in [1.807, 2.05) is 13.8 Å². The Hall–Kier alpha value is -1.69. The standard InChI is InChI=1S/C14H19F2NO3/c1-9(2)17-14(3,13(18)19-4)8-20-10-5-6-11(15)12(16)7-10/h5-7,9,17H,8H2,1-4H3. The SMILES string of the molecule is COC(=O)C(C)(COc1ccc(F)c(F)c1)NC(C)C. The van der Waals surface area contributed by atoms with Gasteiger partial charge in [0.05, 0.1) is 7.11 Å². The van der Waals surface area contributed by atoms with Crippen molar-refractivity contribution in [2.75, 3.05) is 13.7 Å². The Morgan fingerprint density at radius 2 is 2.00 bits per heavy atom. The molecule has 4 nitrogen and oxygen atoms in total. The lowest BCUT2D eigenvalue weighted by Crippen LogP contribution is -2.56. The highest BCUT2D eigenvalue weighted by Gasteiger charge is 2.36. The molecule has 0 aliphatic rings. The Morgan fingerprint density at radius 1 is 1.35 bits per heavy atom. The molecule has 0 aliphatic heterocycles. The van der Waals surface area contributed by atoms with E-state index < -0.39 is 23.1 Å². The van der Waals surface area contributed by atoms with Crippen LogP contribution in [0.25, 0.3) is 0 Å². The molecule has 0 radical (unpaired) electrons. The van der Waals surface area contributed by atoms with Gasteiger partial charge >= 0.3 is 5.97 Å². The zero-order chi connectivity index (χ0) is 15.3. The summed E-state index contributed by atoms with van der Waals surface area (Å²) >= 11 is 0. The minimum Gasteiger partial charge on any atom is -0.491 e. The molecular weight excluding hydrogens is 268 g/mol. The van der Waals surface area contributed by atoms with Crippen LogP contribution in [0.3, 0.4) is 0 Å². The molecule has 0 heterocycles. The number of hydrogen-bond acceptors (Lipinski definition) is 4. The Labute approximate surface area is 117 Å². The Balaban J connectivity index is 2.80. The number of esters is 1. The van der Waals surface area contributed by atoms with Crippen LogP contribution in [-0.2, 0) is 9.53 Å². The Kier molecular flexibility index (Phi) is 5.44. The van der Waals surface area contributed by atoms with E-state index >= 15 is 0 Å². The minimum absolute atomic E-state index is 0.0210. The van der Waals surface area contributed by atoms with Gasteiger partial charge < -0.3 is 9.47 Å². The lowest BCUT2D eigenvalue weighted by Gasteiger charge is -2.29. The smallest absolute Gasteiger partial charge is 0.329 e. The van der Waals surface area contributed by atoms with E-state index in [9.17, 15) is 13.6 Å². The van der Waals surface area contributed by atoms with Crippen LogP contribution in [0.1, 0.15) is 20.8 Å². The van der Waals surface area contributed by atoms with Gasteiger partial charge in [-0.3, -0.25) is 5.32 Å². The normalized spacial score (nSPS) is 13.9. The van der Waals surface area contributed by atoms with Crippen molar-refractivity contribution in [3.05, 3.63) is 29.8 Å². The molecular formula is C14H19F2NO3. The van der Waals surface area contributed by atoms with Gasteiger partial charge in [0.15, 0.2) is 11.6 Å². The fraction of sp³-hybridized carbons (Fsp3) is 0.500. The van der Waals surface area contributed by atoms with Gasteiger partial charge in [-0.2, -0.15) is 0 Å². The molecule has 0 fully saturated rings. The van der Waals surface area contributed by atoms with E-state index in [1.54, 1.807) is 6.92 Å². The van der Waals surface area contributed by atoms with Crippen LogP contribution in [-0.4, -0.2) is 31.3 Å². The van der Waals surface area contributed by atoms with Gasteiger partial charge in [-0.05, 0) is 32.9 Å². The molecule has 1 aromatic carbocycles. The van der Waals surface area contributed by atoms with E-state index in [0.717, 1.165) is 12.1 Å². The number of ether oxygens (including phenoxy) is 2. The van der Waals surface area contributed by atoms with Gasteiger partial charge in [-0.1, -0.05) is 0 Å². The van der Waals surface area contributed by atoms with Crippen LogP contribution in [0.5, 0.6) is 5.75 Å². The van der Waals surface area contributed by atoms with Crippen LogP contribution in [0.15, 0.2) is 18.2 Å². The van der Waals surface area contributed by atoms with Crippen molar-refractivity contribution in [3.8, 4) is 5.75 Å². The zero-order valence-electron chi connectivity index (χ0n) is 12.0. The van der Waals surface area contributed by atoms with E-state index in [0.29, 0.717) is 0 Å². The van der Waals surface area contributed by atoms with E-state index in [-0.39, 0.29) is 18.4 Å². The van der Waals surface area contributed by atoms with Crippen molar-refractivity contribution in [1.82, 2.24) is 5.32 Å². The molecule has 1 unspecified atom stereocenters. The third kappa shape index (κ3) is 4.16. The topological polar surface area (TPSA) is 47.6 Å². The lowest BCUT2D eigenvalue weighted by atomic mass is 10.0. The van der Waals surface area contributed by atoms with Gasteiger partial charge in [-0.25, -0.2) is 13.6 Å². The Bertz CT molecular complexity index is 479. The van der Waals surface area contributed by atoms with Gasteiger partial charge in [0.2, 0.25) is 0 Å². The highest BCUT2D eigenvalue weighted by atomic mass is 19.2. The number of carbonyl (C=O) groups excluding carboxylic acids is 1. The van der Waals surface area contributed by atoms with Gasteiger partial charge in [0.25, 0.3) is 0 Å². The Morgan fingerprint density at radius 3 is 2.50 bits per heavy atom. The number of methoxy groups -OCH3 is 1. The van der Waals surface area contributed by atoms with Gasteiger partial charge in [-0.15, -0.1) is 0 Å².